The van der Waals surface area contributed by atoms with Gasteiger partial charge in [0.2, 0.25) is 5.91 Å². The van der Waals surface area contributed by atoms with E-state index >= 15 is 0 Å². The molecule has 1 heterocycles. The van der Waals surface area contributed by atoms with Gasteiger partial charge in [-0.15, -0.1) is 0 Å². The Hall–Kier alpha value is -2.86. The van der Waals surface area contributed by atoms with Gasteiger partial charge in [-0.1, -0.05) is 30.3 Å². The number of benzene rings is 2. The normalized spacial score (nSPS) is 15.0. The second kappa shape index (κ2) is 9.90. The lowest BCUT2D eigenvalue weighted by Crippen LogP contribution is -2.41. The van der Waals surface area contributed by atoms with Crippen LogP contribution in [0, 0.1) is 0 Å². The summed E-state index contributed by atoms with van der Waals surface area (Å²) in [5, 5.41) is 5.63. The third-order valence-electron chi connectivity index (χ3n) is 5.02. The number of nitrogens with one attached hydrogen (secondary N) is 2. The number of hydrogen-bond acceptors (Lipinski definition) is 4. The van der Waals surface area contributed by atoms with Crippen molar-refractivity contribution >= 4 is 11.8 Å². The molecule has 148 valence electrons. The van der Waals surface area contributed by atoms with Gasteiger partial charge in [0.05, 0.1) is 19.7 Å². The molecule has 0 bridgehead atoms. The smallest absolute Gasteiger partial charge is 0.251 e. The van der Waals surface area contributed by atoms with Crippen LogP contribution in [-0.2, 0) is 4.79 Å². The highest BCUT2D eigenvalue weighted by Crippen LogP contribution is 2.26. The number of methoxy groups -OCH3 is 1. The van der Waals surface area contributed by atoms with E-state index in [1.54, 1.807) is 31.4 Å². The van der Waals surface area contributed by atoms with Gasteiger partial charge < -0.3 is 15.4 Å². The van der Waals surface area contributed by atoms with Crippen LogP contribution in [0.1, 0.15) is 34.8 Å². The highest BCUT2D eigenvalue weighted by Gasteiger charge is 2.24. The first-order valence-corrected chi connectivity index (χ1v) is 9.65. The highest BCUT2D eigenvalue weighted by molar-refractivity contribution is 5.96. The van der Waals surface area contributed by atoms with Gasteiger partial charge in [-0.05, 0) is 55.8 Å². The van der Waals surface area contributed by atoms with Crippen LogP contribution in [0.15, 0.2) is 54.6 Å². The molecule has 1 fully saturated rings. The number of carbonyl (C=O) groups excluding carboxylic acids is 2. The molecular formula is C22H27N3O3. The summed E-state index contributed by atoms with van der Waals surface area (Å²) in [6.07, 6.45) is 2.35. The van der Waals surface area contributed by atoms with E-state index in [2.05, 4.69) is 15.5 Å². The molecule has 28 heavy (non-hydrogen) atoms. The van der Waals surface area contributed by atoms with Crippen LogP contribution in [-0.4, -0.2) is 50.0 Å². The van der Waals surface area contributed by atoms with Crippen LogP contribution in [0.3, 0.4) is 0 Å². The fourth-order valence-electron chi connectivity index (χ4n) is 3.46. The summed E-state index contributed by atoms with van der Waals surface area (Å²) in [4.78, 5) is 26.7. The average molecular weight is 381 g/mol. The van der Waals surface area contributed by atoms with Crippen molar-refractivity contribution in [2.45, 2.75) is 18.9 Å². The predicted octanol–water partition coefficient (Wildman–Crippen LogP) is 2.38. The fourth-order valence-corrected chi connectivity index (χ4v) is 3.46. The number of amides is 2. The second-order valence-corrected chi connectivity index (χ2v) is 6.88. The van der Waals surface area contributed by atoms with Gasteiger partial charge in [0.15, 0.2) is 0 Å². The molecule has 2 aromatic carbocycles. The number of likely N-dealkylation sites (tertiary alicyclic amines) is 1. The summed E-state index contributed by atoms with van der Waals surface area (Å²) >= 11 is 0. The lowest BCUT2D eigenvalue weighted by atomic mass is 10.1. The maximum Gasteiger partial charge on any atom is 0.251 e. The molecule has 2 N–H and O–H groups in total. The zero-order valence-electron chi connectivity index (χ0n) is 16.2. The first-order chi connectivity index (χ1) is 13.7. The molecule has 0 aromatic heterocycles. The van der Waals surface area contributed by atoms with Crippen LogP contribution in [0.4, 0.5) is 0 Å². The zero-order valence-corrected chi connectivity index (χ0v) is 16.2. The van der Waals surface area contributed by atoms with E-state index in [0.29, 0.717) is 12.1 Å². The molecule has 0 spiro atoms. The highest BCUT2D eigenvalue weighted by atomic mass is 16.5. The van der Waals surface area contributed by atoms with Gasteiger partial charge in [0, 0.05) is 12.1 Å². The average Bonchev–Trinajstić information content (AvgIpc) is 3.28. The van der Waals surface area contributed by atoms with Gasteiger partial charge in [-0.3, -0.25) is 14.5 Å². The van der Waals surface area contributed by atoms with Crippen LogP contribution in [0.2, 0.25) is 0 Å². The molecule has 6 nitrogen and oxygen atoms in total. The predicted molar refractivity (Wildman–Crippen MR) is 108 cm³/mol. The van der Waals surface area contributed by atoms with Crippen LogP contribution < -0.4 is 15.4 Å². The Bertz CT molecular complexity index is 771. The van der Waals surface area contributed by atoms with Gasteiger partial charge >= 0.3 is 0 Å². The van der Waals surface area contributed by atoms with Crippen molar-refractivity contribution in [2.75, 3.05) is 33.3 Å². The van der Waals surface area contributed by atoms with Crippen LogP contribution in [0.25, 0.3) is 0 Å². The SMILES string of the molecule is COc1ccc([C@@H](CNC(=O)CNC(=O)c2ccccc2)N2CCCC2)cc1. The Balaban J connectivity index is 1.55. The van der Waals surface area contributed by atoms with Crippen molar-refractivity contribution in [3.63, 3.8) is 0 Å². The molecule has 0 radical (unpaired) electrons. The van der Waals surface area contributed by atoms with E-state index in [1.165, 1.54) is 12.8 Å². The summed E-state index contributed by atoms with van der Waals surface area (Å²) in [6, 6.07) is 17.0. The Morgan fingerprint density at radius 3 is 2.32 bits per heavy atom. The molecule has 1 aliphatic heterocycles. The number of nitrogens with zero attached hydrogens (tertiary/aromatic N) is 1. The minimum Gasteiger partial charge on any atom is -0.497 e. The monoisotopic (exact) mass is 381 g/mol. The number of ether oxygens (including phenoxy) is 1. The van der Waals surface area contributed by atoms with Gasteiger partial charge in [0.1, 0.15) is 5.75 Å². The van der Waals surface area contributed by atoms with E-state index in [-0.39, 0.29) is 24.4 Å². The largest absolute Gasteiger partial charge is 0.497 e. The summed E-state index contributed by atoms with van der Waals surface area (Å²) in [6.45, 7) is 2.52. The molecule has 3 rings (SSSR count). The zero-order chi connectivity index (χ0) is 19.8. The van der Waals surface area contributed by atoms with Crippen LogP contribution in [0.5, 0.6) is 5.75 Å². The van der Waals surface area contributed by atoms with E-state index in [1.807, 2.05) is 30.3 Å². The Kier molecular flexibility index (Phi) is 7.03. The first kappa shape index (κ1) is 19.9. The number of rotatable bonds is 8. The van der Waals surface area contributed by atoms with Gasteiger partial charge in [-0.2, -0.15) is 0 Å². The van der Waals surface area contributed by atoms with Gasteiger partial charge in [-0.25, -0.2) is 0 Å². The summed E-state index contributed by atoms with van der Waals surface area (Å²) in [5.74, 6) is 0.376. The minimum absolute atomic E-state index is 0.0386. The lowest BCUT2D eigenvalue weighted by molar-refractivity contribution is -0.120. The minimum atomic E-state index is -0.248. The van der Waals surface area contributed by atoms with Gasteiger partial charge in [0.25, 0.3) is 5.91 Å². The Morgan fingerprint density at radius 1 is 1.00 bits per heavy atom. The summed E-state index contributed by atoms with van der Waals surface area (Å²) in [5.41, 5.74) is 1.69. The summed E-state index contributed by atoms with van der Waals surface area (Å²) in [7, 11) is 1.65. The molecule has 1 atom stereocenters. The van der Waals surface area contributed by atoms with E-state index < -0.39 is 0 Å². The molecule has 0 saturated carbocycles. The van der Waals surface area contributed by atoms with E-state index in [4.69, 9.17) is 4.74 Å². The Morgan fingerprint density at radius 2 is 1.68 bits per heavy atom. The number of hydrogen-bond donors (Lipinski definition) is 2. The fraction of sp³-hybridized carbons (Fsp3) is 0.364. The summed E-state index contributed by atoms with van der Waals surface area (Å²) < 4.78 is 5.24. The maximum absolute atomic E-state index is 12.3. The van der Waals surface area contributed by atoms with E-state index in [9.17, 15) is 9.59 Å². The van der Waals surface area contributed by atoms with Crippen molar-refractivity contribution in [1.82, 2.24) is 15.5 Å². The molecule has 0 aliphatic carbocycles. The first-order valence-electron chi connectivity index (χ1n) is 9.65. The van der Waals surface area contributed by atoms with Crippen molar-refractivity contribution in [3.8, 4) is 5.75 Å². The maximum atomic E-state index is 12.3. The molecule has 0 unspecified atom stereocenters. The topological polar surface area (TPSA) is 70.7 Å². The van der Waals surface area contributed by atoms with Crippen molar-refractivity contribution in [3.05, 3.63) is 65.7 Å². The van der Waals surface area contributed by atoms with E-state index in [0.717, 1.165) is 24.4 Å². The third kappa shape index (κ3) is 5.33. The third-order valence-corrected chi connectivity index (χ3v) is 5.02. The van der Waals surface area contributed by atoms with Crippen molar-refractivity contribution in [2.24, 2.45) is 0 Å². The van der Waals surface area contributed by atoms with Crippen molar-refractivity contribution in [1.29, 1.82) is 0 Å². The van der Waals surface area contributed by atoms with Crippen molar-refractivity contribution < 1.29 is 14.3 Å². The Labute approximate surface area is 165 Å². The molecule has 2 amide bonds. The molecule has 6 heteroatoms. The lowest BCUT2D eigenvalue weighted by Gasteiger charge is -2.28. The quantitative estimate of drug-likeness (QED) is 0.737. The standard InChI is InChI=1S/C22H27N3O3/c1-28-19-11-9-17(10-12-19)20(25-13-5-6-14-25)15-23-21(26)16-24-22(27)18-7-3-2-4-8-18/h2-4,7-12,20H,5-6,13-16H2,1H3,(H,23,26)(H,24,27)/t20-/m1/s1. The molecule has 2 aromatic rings. The number of carbonyl (C=O) groups is 2. The van der Waals surface area contributed by atoms with Crippen LogP contribution >= 0.6 is 0 Å². The molecule has 1 aliphatic rings. The second-order valence-electron chi connectivity index (χ2n) is 6.88. The molecule has 1 saturated heterocycles. The molecular weight excluding hydrogens is 354 g/mol.